The molecule has 2 heterocycles. The summed E-state index contributed by atoms with van der Waals surface area (Å²) >= 11 is 0. The predicted molar refractivity (Wildman–Crippen MR) is 159 cm³/mol. The van der Waals surface area contributed by atoms with E-state index >= 15 is 0 Å². The normalized spacial score (nSPS) is 13.0. The number of anilines is 2. The van der Waals surface area contributed by atoms with E-state index in [9.17, 15) is 35.5 Å². The molecule has 48 heavy (non-hydrogen) atoms. The Hall–Kier alpha value is -3.42. The SMILES string of the molecule is O=C(Nc1ccc(C=Cc2ccc(NC(=O)c3ccc4c(c3)OCO4)cc2S(=O)(=O)[O-])c(S(=O)(=O)[O-])c1)c1ccc2c(c1)OCO2.[Na+].[Na+]. The largest absolute Gasteiger partial charge is 1.00 e. The zero-order valence-electron chi connectivity index (χ0n) is 25.2. The second-order valence-electron chi connectivity index (χ2n) is 9.79. The molecule has 0 bridgehead atoms. The Bertz CT molecular complexity index is 2020. The van der Waals surface area contributed by atoms with Crippen molar-refractivity contribution in [3.05, 3.63) is 95.1 Å². The Balaban J connectivity index is 0.00000260. The zero-order chi connectivity index (χ0) is 32.6. The fraction of sp³-hybridized carbons (Fsp3) is 0.0667. The van der Waals surface area contributed by atoms with Gasteiger partial charge in [-0.05, 0) is 71.8 Å². The van der Waals surface area contributed by atoms with Gasteiger partial charge in [0.25, 0.3) is 11.8 Å². The van der Waals surface area contributed by atoms with Crippen molar-refractivity contribution >= 4 is 55.6 Å². The summed E-state index contributed by atoms with van der Waals surface area (Å²) in [6.45, 7) is 0.0106. The van der Waals surface area contributed by atoms with Crippen LogP contribution in [0.3, 0.4) is 0 Å². The van der Waals surface area contributed by atoms with Crippen LogP contribution in [0.4, 0.5) is 11.4 Å². The average molecular weight is 711 g/mol. The number of hydrogen-bond acceptors (Lipinski definition) is 12. The number of hydrogen-bond donors (Lipinski definition) is 2. The molecule has 2 N–H and O–H groups in total. The van der Waals surface area contributed by atoms with Gasteiger partial charge in [0.15, 0.2) is 23.0 Å². The second-order valence-corrected chi connectivity index (χ2v) is 12.5. The molecular formula is C30H20N2Na2O12S2. The number of carbonyl (C=O) groups excluding carboxylic acids is 2. The van der Waals surface area contributed by atoms with E-state index in [1.807, 2.05) is 0 Å². The molecule has 236 valence electrons. The van der Waals surface area contributed by atoms with Crippen LogP contribution in [-0.2, 0) is 20.2 Å². The number of ether oxygens (including phenoxy) is 4. The molecule has 2 aliphatic heterocycles. The van der Waals surface area contributed by atoms with E-state index in [4.69, 9.17) is 18.9 Å². The van der Waals surface area contributed by atoms with E-state index in [0.29, 0.717) is 23.0 Å². The van der Waals surface area contributed by atoms with E-state index < -0.39 is 41.8 Å². The summed E-state index contributed by atoms with van der Waals surface area (Å²) in [5, 5.41) is 5.01. The first-order valence-electron chi connectivity index (χ1n) is 13.2. The summed E-state index contributed by atoms with van der Waals surface area (Å²) in [5.41, 5.74) is 0.0403. The summed E-state index contributed by atoms with van der Waals surface area (Å²) in [6.07, 6.45) is 2.26. The van der Waals surface area contributed by atoms with Crippen LogP contribution >= 0.6 is 0 Å². The fourth-order valence-electron chi connectivity index (χ4n) is 4.59. The third-order valence-corrected chi connectivity index (χ3v) is 8.58. The Kier molecular flexibility index (Phi) is 11.7. The molecule has 0 atom stereocenters. The van der Waals surface area contributed by atoms with Gasteiger partial charge in [-0.3, -0.25) is 9.59 Å². The number of rotatable bonds is 8. The molecule has 6 rings (SSSR count). The van der Waals surface area contributed by atoms with Crippen LogP contribution in [0, 0.1) is 0 Å². The van der Waals surface area contributed by atoms with Crippen LogP contribution in [0.1, 0.15) is 31.8 Å². The Morgan fingerprint density at radius 2 is 0.938 bits per heavy atom. The number of amides is 2. The van der Waals surface area contributed by atoms with Gasteiger partial charge in [0.2, 0.25) is 13.6 Å². The van der Waals surface area contributed by atoms with Gasteiger partial charge in [-0.1, -0.05) is 24.3 Å². The van der Waals surface area contributed by atoms with Gasteiger partial charge in [-0.25, -0.2) is 16.8 Å². The molecule has 14 nitrogen and oxygen atoms in total. The quantitative estimate of drug-likeness (QED) is 0.112. The Morgan fingerprint density at radius 1 is 0.562 bits per heavy atom. The van der Waals surface area contributed by atoms with Crippen LogP contribution in [0.15, 0.2) is 82.6 Å². The van der Waals surface area contributed by atoms with Crippen LogP contribution < -0.4 is 88.7 Å². The molecule has 0 saturated heterocycles. The summed E-state index contributed by atoms with van der Waals surface area (Å²) in [4.78, 5) is 24.1. The molecule has 0 aliphatic carbocycles. The van der Waals surface area contributed by atoms with Crippen LogP contribution in [0.25, 0.3) is 12.2 Å². The standard InChI is InChI=1S/C30H22N2O12S2.2Na/c33-29(19-5-9-23-25(11-19)43-15-41-23)31-21-7-3-17(27(13-21)45(35,36)37)1-2-18-4-8-22(14-28(18)46(38,39)40)32-30(34)20-6-10-24-26(12-20)44-16-42-24;;/h1-14H,15-16H2,(H,31,33)(H,32,34)(H,35,36,37)(H,38,39,40);;/q;2*+1/p-2. The van der Waals surface area contributed by atoms with Crippen molar-refractivity contribution in [2.75, 3.05) is 24.2 Å². The fourth-order valence-corrected chi connectivity index (χ4v) is 5.99. The Labute approximate surface area is 318 Å². The van der Waals surface area contributed by atoms with Crippen molar-refractivity contribution in [3.8, 4) is 23.0 Å². The molecule has 0 fully saturated rings. The minimum absolute atomic E-state index is 0. The second kappa shape index (κ2) is 15.0. The molecule has 0 radical (unpaired) electrons. The molecule has 2 amide bonds. The summed E-state index contributed by atoms with van der Waals surface area (Å²) in [6, 6.07) is 15.9. The first kappa shape index (κ1) is 37.4. The van der Waals surface area contributed by atoms with Gasteiger partial charge < -0.3 is 38.7 Å². The predicted octanol–water partition coefficient (Wildman–Crippen LogP) is -2.36. The minimum Gasteiger partial charge on any atom is -0.744 e. The van der Waals surface area contributed by atoms with Crippen molar-refractivity contribution < 1.29 is 114 Å². The van der Waals surface area contributed by atoms with Crippen LogP contribution in [-0.4, -0.2) is 51.3 Å². The van der Waals surface area contributed by atoms with Gasteiger partial charge >= 0.3 is 59.1 Å². The summed E-state index contributed by atoms with van der Waals surface area (Å²) in [5.74, 6) is 0.395. The molecule has 4 aromatic carbocycles. The third-order valence-electron chi connectivity index (χ3n) is 6.79. The van der Waals surface area contributed by atoms with E-state index in [2.05, 4.69) is 10.6 Å². The number of benzene rings is 4. The topological polar surface area (TPSA) is 210 Å². The molecule has 18 heteroatoms. The molecule has 0 saturated carbocycles. The van der Waals surface area contributed by atoms with Gasteiger partial charge in [-0.15, -0.1) is 0 Å². The first-order valence-corrected chi connectivity index (χ1v) is 16.0. The van der Waals surface area contributed by atoms with Crippen molar-refractivity contribution in [3.63, 3.8) is 0 Å². The third kappa shape index (κ3) is 8.41. The van der Waals surface area contributed by atoms with Crippen LogP contribution in [0.2, 0.25) is 0 Å². The molecule has 0 unspecified atom stereocenters. The zero-order valence-corrected chi connectivity index (χ0v) is 30.8. The Morgan fingerprint density at radius 3 is 1.31 bits per heavy atom. The molecule has 0 spiro atoms. The number of carbonyl (C=O) groups is 2. The van der Waals surface area contributed by atoms with Crippen molar-refractivity contribution in [2.24, 2.45) is 0 Å². The maximum Gasteiger partial charge on any atom is 1.00 e. The van der Waals surface area contributed by atoms with Gasteiger partial charge in [0.1, 0.15) is 20.2 Å². The maximum atomic E-state index is 12.7. The van der Waals surface area contributed by atoms with Crippen LogP contribution in [0.5, 0.6) is 23.0 Å². The van der Waals surface area contributed by atoms with Crippen molar-refractivity contribution in [1.29, 1.82) is 0 Å². The first-order chi connectivity index (χ1) is 21.8. The molecule has 4 aromatic rings. The monoisotopic (exact) mass is 710 g/mol. The molecule has 0 aromatic heterocycles. The molecule has 2 aliphatic rings. The maximum absolute atomic E-state index is 12.7. The number of nitrogens with one attached hydrogen (secondary N) is 2. The van der Waals surface area contributed by atoms with Gasteiger partial charge in [0, 0.05) is 22.5 Å². The molecular weight excluding hydrogens is 690 g/mol. The van der Waals surface area contributed by atoms with E-state index in [1.54, 1.807) is 0 Å². The summed E-state index contributed by atoms with van der Waals surface area (Å²) < 4.78 is 93.7. The van der Waals surface area contributed by atoms with E-state index in [-0.39, 0.29) is 106 Å². The van der Waals surface area contributed by atoms with Gasteiger partial charge in [-0.2, -0.15) is 0 Å². The van der Waals surface area contributed by atoms with Gasteiger partial charge in [0.05, 0.1) is 9.79 Å². The van der Waals surface area contributed by atoms with E-state index in [1.165, 1.54) is 60.7 Å². The minimum atomic E-state index is -5.09. The average Bonchev–Trinajstić information content (AvgIpc) is 3.68. The van der Waals surface area contributed by atoms with E-state index in [0.717, 1.165) is 24.3 Å². The van der Waals surface area contributed by atoms with Crippen molar-refractivity contribution in [1.82, 2.24) is 0 Å². The van der Waals surface area contributed by atoms with Crippen molar-refractivity contribution in [2.45, 2.75) is 9.79 Å². The number of fused-ring (bicyclic) bond motifs is 2. The smallest absolute Gasteiger partial charge is 0.744 e. The summed E-state index contributed by atoms with van der Waals surface area (Å²) in [7, 11) is -10.2.